The Bertz CT molecular complexity index is 1050. The van der Waals surface area contributed by atoms with Crippen molar-refractivity contribution in [3.63, 3.8) is 0 Å². The minimum atomic E-state index is -0.611. The number of hydrogen-bond donors (Lipinski definition) is 0. The van der Waals surface area contributed by atoms with Gasteiger partial charge in [-0.2, -0.15) is 0 Å². The van der Waals surface area contributed by atoms with E-state index in [1.165, 1.54) is 0 Å². The summed E-state index contributed by atoms with van der Waals surface area (Å²) in [5.74, 6) is -0.138. The highest BCUT2D eigenvalue weighted by molar-refractivity contribution is 5.95. The molecule has 0 N–H and O–H groups in total. The van der Waals surface area contributed by atoms with Crippen LogP contribution in [0.5, 0.6) is 0 Å². The van der Waals surface area contributed by atoms with E-state index in [1.54, 1.807) is 41.1 Å². The number of carbonyl (C=O) groups excluding carboxylic acids is 3. The molecular weight excluding hydrogens is 426 g/mol. The molecule has 0 radical (unpaired) electrons. The summed E-state index contributed by atoms with van der Waals surface area (Å²) in [7, 11) is 1.68. The lowest BCUT2D eigenvalue weighted by Crippen LogP contribution is -2.44. The van der Waals surface area contributed by atoms with Crippen LogP contribution in [0.15, 0.2) is 34.9 Å². The Labute approximate surface area is 192 Å². The normalized spacial score (nSPS) is 16.5. The predicted molar refractivity (Wildman–Crippen MR) is 118 cm³/mol. The Hall–Kier alpha value is -3.36. The molecule has 2 heterocycles. The van der Waals surface area contributed by atoms with Gasteiger partial charge in [0.2, 0.25) is 0 Å². The first-order valence-electron chi connectivity index (χ1n) is 11.1. The molecule has 9 nitrogen and oxygen atoms in total. The first-order valence-corrected chi connectivity index (χ1v) is 11.1. The molecule has 1 saturated carbocycles. The quantitative estimate of drug-likeness (QED) is 0.637. The van der Waals surface area contributed by atoms with Gasteiger partial charge in [0.05, 0.1) is 17.6 Å². The topological polar surface area (TPSA) is 102 Å². The van der Waals surface area contributed by atoms with Crippen molar-refractivity contribution in [2.75, 3.05) is 20.2 Å². The molecule has 0 unspecified atom stereocenters. The van der Waals surface area contributed by atoms with Crippen molar-refractivity contribution in [1.29, 1.82) is 0 Å². The van der Waals surface area contributed by atoms with E-state index in [4.69, 9.17) is 14.0 Å². The van der Waals surface area contributed by atoms with Crippen molar-refractivity contribution < 1.29 is 28.4 Å². The number of likely N-dealkylation sites (N-methyl/N-ethyl adjacent to an activating group) is 1. The second-order valence-corrected chi connectivity index (χ2v) is 9.62. The summed E-state index contributed by atoms with van der Waals surface area (Å²) >= 11 is 0. The summed E-state index contributed by atoms with van der Waals surface area (Å²) in [6, 6.07) is 8.75. The molecule has 0 saturated heterocycles. The van der Waals surface area contributed by atoms with Crippen molar-refractivity contribution in [2.45, 2.75) is 57.7 Å². The molecular formula is C24H29N3O6. The van der Waals surface area contributed by atoms with Gasteiger partial charge >= 0.3 is 12.1 Å². The third-order valence-electron chi connectivity index (χ3n) is 6.01. The summed E-state index contributed by atoms with van der Waals surface area (Å²) in [5, 5.41) is 4.02. The lowest BCUT2D eigenvalue weighted by molar-refractivity contribution is 0.0217. The standard InChI is InChI=1S/C24H29N3O6/c1-23(2,3)32-22(30)27-13-10-18-17(14-27)19(25-33-18)20(28)26(4)24(11-12-24)15-31-21(29)16-8-6-5-7-9-16/h5-9H,10-15H2,1-4H3. The number of fused-ring (bicyclic) bond motifs is 1. The second-order valence-electron chi connectivity index (χ2n) is 9.62. The van der Waals surface area contributed by atoms with Crippen molar-refractivity contribution >= 4 is 18.0 Å². The highest BCUT2D eigenvalue weighted by atomic mass is 16.6. The Balaban J connectivity index is 1.43. The maximum absolute atomic E-state index is 13.3. The summed E-state index contributed by atoms with van der Waals surface area (Å²) in [4.78, 5) is 41.3. The maximum Gasteiger partial charge on any atom is 0.410 e. The van der Waals surface area contributed by atoms with Gasteiger partial charge < -0.3 is 23.8 Å². The van der Waals surface area contributed by atoms with Crippen LogP contribution < -0.4 is 0 Å². The van der Waals surface area contributed by atoms with E-state index in [9.17, 15) is 14.4 Å². The molecule has 2 aromatic rings. The zero-order chi connectivity index (χ0) is 23.8. The van der Waals surface area contributed by atoms with Crippen LogP contribution in [0, 0.1) is 0 Å². The van der Waals surface area contributed by atoms with E-state index >= 15 is 0 Å². The molecule has 0 atom stereocenters. The van der Waals surface area contributed by atoms with Crippen LogP contribution in [0.1, 0.15) is 65.8 Å². The molecule has 33 heavy (non-hydrogen) atoms. The van der Waals surface area contributed by atoms with Crippen LogP contribution in [-0.4, -0.2) is 64.3 Å². The van der Waals surface area contributed by atoms with Gasteiger partial charge in [-0.15, -0.1) is 0 Å². The van der Waals surface area contributed by atoms with E-state index in [1.807, 2.05) is 26.8 Å². The maximum atomic E-state index is 13.3. The lowest BCUT2D eigenvalue weighted by atomic mass is 10.1. The summed E-state index contributed by atoms with van der Waals surface area (Å²) in [6.45, 7) is 6.15. The minimum absolute atomic E-state index is 0.104. The molecule has 1 aromatic carbocycles. The van der Waals surface area contributed by atoms with E-state index in [2.05, 4.69) is 5.16 Å². The lowest BCUT2D eigenvalue weighted by Gasteiger charge is -2.30. The zero-order valence-electron chi connectivity index (χ0n) is 19.4. The number of ether oxygens (including phenoxy) is 2. The van der Waals surface area contributed by atoms with Crippen LogP contribution >= 0.6 is 0 Å². The Morgan fingerprint density at radius 3 is 2.52 bits per heavy atom. The first kappa shape index (κ1) is 22.8. The molecule has 1 aliphatic carbocycles. The SMILES string of the molecule is CN(C(=O)c1noc2c1CN(C(=O)OC(C)(C)C)CC2)C1(COC(=O)c2ccccc2)CC1. The van der Waals surface area contributed by atoms with Gasteiger partial charge in [-0.3, -0.25) is 4.79 Å². The van der Waals surface area contributed by atoms with Crippen molar-refractivity contribution in [3.05, 3.63) is 52.9 Å². The van der Waals surface area contributed by atoms with Gasteiger partial charge in [0.15, 0.2) is 5.69 Å². The summed E-state index contributed by atoms with van der Waals surface area (Å²) < 4.78 is 16.4. The van der Waals surface area contributed by atoms with E-state index < -0.39 is 23.2 Å². The number of amides is 2. The van der Waals surface area contributed by atoms with Crippen LogP contribution in [0.3, 0.4) is 0 Å². The van der Waals surface area contributed by atoms with E-state index in [0.717, 1.165) is 12.8 Å². The third kappa shape index (κ3) is 4.86. The summed E-state index contributed by atoms with van der Waals surface area (Å²) in [6.07, 6.45) is 1.47. The van der Waals surface area contributed by atoms with Gasteiger partial charge in [0.25, 0.3) is 5.91 Å². The van der Waals surface area contributed by atoms with Crippen LogP contribution in [0.4, 0.5) is 4.79 Å². The number of hydrogen-bond acceptors (Lipinski definition) is 7. The number of aromatic nitrogens is 1. The van der Waals surface area contributed by atoms with Crippen LogP contribution in [0.2, 0.25) is 0 Å². The van der Waals surface area contributed by atoms with Crippen LogP contribution in [-0.2, 0) is 22.4 Å². The molecule has 1 fully saturated rings. The monoisotopic (exact) mass is 455 g/mol. The molecule has 4 rings (SSSR count). The van der Waals surface area contributed by atoms with Crippen molar-refractivity contribution in [1.82, 2.24) is 15.0 Å². The molecule has 2 amide bonds. The van der Waals surface area contributed by atoms with Gasteiger partial charge in [0.1, 0.15) is 18.0 Å². The van der Waals surface area contributed by atoms with Crippen molar-refractivity contribution in [2.24, 2.45) is 0 Å². The molecule has 9 heteroatoms. The van der Waals surface area contributed by atoms with Gasteiger partial charge in [-0.05, 0) is 45.7 Å². The fourth-order valence-corrected chi connectivity index (χ4v) is 3.81. The fourth-order valence-electron chi connectivity index (χ4n) is 3.81. The molecule has 0 bridgehead atoms. The summed E-state index contributed by atoms with van der Waals surface area (Å²) in [5.41, 5.74) is 0.0744. The van der Waals surface area contributed by atoms with E-state index in [0.29, 0.717) is 29.9 Å². The van der Waals surface area contributed by atoms with Crippen LogP contribution in [0.25, 0.3) is 0 Å². The Kier molecular flexibility index (Phi) is 5.90. The molecule has 176 valence electrons. The molecule has 1 aromatic heterocycles. The third-order valence-corrected chi connectivity index (χ3v) is 6.01. The average Bonchev–Trinajstić information content (AvgIpc) is 3.46. The number of nitrogens with zero attached hydrogens (tertiary/aromatic N) is 3. The number of esters is 1. The van der Waals surface area contributed by atoms with Gasteiger partial charge in [-0.1, -0.05) is 23.4 Å². The highest BCUT2D eigenvalue weighted by Crippen LogP contribution is 2.42. The smallest absolute Gasteiger partial charge is 0.410 e. The van der Waals surface area contributed by atoms with Gasteiger partial charge in [0, 0.05) is 25.6 Å². The average molecular weight is 456 g/mol. The number of benzene rings is 1. The Morgan fingerprint density at radius 1 is 1.18 bits per heavy atom. The zero-order valence-corrected chi connectivity index (χ0v) is 19.4. The molecule has 1 aliphatic heterocycles. The highest BCUT2D eigenvalue weighted by Gasteiger charge is 2.51. The van der Waals surface area contributed by atoms with Crippen molar-refractivity contribution in [3.8, 4) is 0 Å². The molecule has 2 aliphatic rings. The fraction of sp³-hybridized carbons (Fsp3) is 0.500. The molecule has 0 spiro atoms. The van der Waals surface area contributed by atoms with Gasteiger partial charge in [-0.25, -0.2) is 9.59 Å². The second kappa shape index (κ2) is 8.53. The Morgan fingerprint density at radius 2 is 1.88 bits per heavy atom. The largest absolute Gasteiger partial charge is 0.460 e. The number of rotatable bonds is 5. The number of carbonyl (C=O) groups is 3. The first-order chi connectivity index (χ1) is 15.6. The predicted octanol–water partition coefficient (Wildman–Crippen LogP) is 3.43. The van der Waals surface area contributed by atoms with E-state index in [-0.39, 0.29) is 24.8 Å². The minimum Gasteiger partial charge on any atom is -0.460 e.